The number of nitro benzene ring substituents is 5. The van der Waals surface area contributed by atoms with Gasteiger partial charge >= 0.3 is 29.8 Å². The average Bonchev–Trinajstić information content (AvgIpc) is 3.79. The molecule has 0 spiro atoms. The van der Waals surface area contributed by atoms with Crippen molar-refractivity contribution in [2.24, 2.45) is 0 Å². The lowest BCUT2D eigenvalue weighted by Crippen LogP contribution is -2.63. The van der Waals surface area contributed by atoms with Crippen molar-refractivity contribution in [3.05, 3.63) is 200 Å². The van der Waals surface area contributed by atoms with Crippen LogP contribution in [0.15, 0.2) is 121 Å². The molecular formula is C47H34Cl3N5O23. The van der Waals surface area contributed by atoms with E-state index in [9.17, 15) is 74.5 Å². The molecule has 0 unspecified atom stereocenters. The van der Waals surface area contributed by atoms with Crippen LogP contribution in [0, 0.1) is 50.6 Å². The van der Waals surface area contributed by atoms with Crippen molar-refractivity contribution in [2.75, 3.05) is 18.4 Å². The van der Waals surface area contributed by atoms with Crippen LogP contribution in [-0.4, -0.2) is 127 Å². The number of non-ortho nitro benzene ring substituents is 5. The van der Waals surface area contributed by atoms with E-state index in [1.54, 1.807) is 0 Å². The number of rotatable bonds is 20. The third kappa shape index (κ3) is 12.9. The monoisotopic (exact) mass is 1140 g/mol. The predicted octanol–water partition coefficient (Wildman–Crippen LogP) is 7.21. The maximum Gasteiger partial charge on any atom is 0.338 e. The summed E-state index contributed by atoms with van der Waals surface area (Å²) in [5.74, 6) is -10.6. The summed E-state index contributed by atoms with van der Waals surface area (Å²) in [6, 6.07) is 19.8. The Hall–Kier alpha value is -8.80. The molecule has 78 heavy (non-hydrogen) atoms. The van der Waals surface area contributed by atoms with Crippen LogP contribution in [-0.2, 0) is 37.9 Å². The molecule has 0 saturated carbocycles. The van der Waals surface area contributed by atoms with Crippen molar-refractivity contribution in [1.82, 2.24) is 0 Å². The molecule has 0 aromatic heterocycles. The molecule has 406 valence electrons. The molecule has 0 aliphatic carbocycles. The fourth-order valence-corrected chi connectivity index (χ4v) is 8.47. The minimum Gasteiger partial charge on any atom is -0.459 e. The van der Waals surface area contributed by atoms with Crippen molar-refractivity contribution in [3.8, 4) is 0 Å². The highest BCUT2D eigenvalue weighted by Gasteiger charge is 2.63. The zero-order valence-corrected chi connectivity index (χ0v) is 41.3. The summed E-state index contributed by atoms with van der Waals surface area (Å²) in [5, 5.41) is 55.2. The van der Waals surface area contributed by atoms with Gasteiger partial charge in [0.15, 0.2) is 24.4 Å². The topological polar surface area (TPSA) is 375 Å². The maximum atomic E-state index is 14.1. The number of carbonyl (C=O) groups excluding carboxylic acids is 5. The number of halogens is 3. The van der Waals surface area contributed by atoms with E-state index in [1.807, 2.05) is 0 Å². The number of hydrogen-bond donors (Lipinski definition) is 0. The Morgan fingerprint density at radius 1 is 0.462 bits per heavy atom. The fourth-order valence-electron chi connectivity index (χ4n) is 7.63. The summed E-state index contributed by atoms with van der Waals surface area (Å²) in [5.41, 5.74) is -3.69. The minimum absolute atomic E-state index is 0.217. The number of ether oxygens (including phenoxy) is 8. The van der Waals surface area contributed by atoms with Crippen molar-refractivity contribution in [3.63, 3.8) is 0 Å². The molecule has 31 heteroatoms. The molecule has 5 aromatic carbocycles. The van der Waals surface area contributed by atoms with Crippen LogP contribution in [0.2, 0.25) is 0 Å². The SMILES string of the molecule is O=C(OC[C@H]1O[C@H](O[C@]2(CCl)O[C@H](CCl)[C@@H](OC(=O)c3ccc([N+](=O)[O-])cc3)[C@@H]2OC(=O)c2ccc([N+](=O)[O-])cc2)[C@H](OC(=O)c2ccc([N+](=O)[O-])cc2)[C@@H](OC(=O)c2ccc([N+](=O)[O-])cc2)[C@H]1Cl)c1ccc([N+](=O)[O-])cc1. The van der Waals surface area contributed by atoms with Crippen LogP contribution < -0.4 is 0 Å². The third-order valence-electron chi connectivity index (χ3n) is 11.6. The highest BCUT2D eigenvalue weighted by molar-refractivity contribution is 6.21. The van der Waals surface area contributed by atoms with E-state index >= 15 is 0 Å². The van der Waals surface area contributed by atoms with Crippen molar-refractivity contribution < 1.29 is 86.5 Å². The first-order valence-corrected chi connectivity index (χ1v) is 23.6. The molecule has 0 bridgehead atoms. The number of carbonyl (C=O) groups is 5. The van der Waals surface area contributed by atoms with Gasteiger partial charge in [-0.15, -0.1) is 34.8 Å². The second-order valence-electron chi connectivity index (χ2n) is 16.4. The Bertz CT molecular complexity index is 3140. The molecule has 2 aliphatic heterocycles. The molecule has 0 amide bonds. The highest BCUT2D eigenvalue weighted by Crippen LogP contribution is 2.43. The maximum absolute atomic E-state index is 14.1. The van der Waals surface area contributed by atoms with E-state index in [0.717, 1.165) is 121 Å². The summed E-state index contributed by atoms with van der Waals surface area (Å²) < 4.78 is 47.9. The second kappa shape index (κ2) is 24.5. The first-order valence-electron chi connectivity index (χ1n) is 22.1. The van der Waals surface area contributed by atoms with E-state index < -0.39 is 150 Å². The van der Waals surface area contributed by atoms with Gasteiger partial charge in [-0.3, -0.25) is 50.6 Å². The Labute approximate surface area is 450 Å². The van der Waals surface area contributed by atoms with Crippen LogP contribution in [0.25, 0.3) is 0 Å². The van der Waals surface area contributed by atoms with Gasteiger partial charge < -0.3 is 37.9 Å². The molecule has 2 heterocycles. The number of nitrogens with zero attached hydrogens (tertiary/aromatic N) is 5. The summed E-state index contributed by atoms with van der Waals surface area (Å²) in [6.07, 6.45) is -13.8. The van der Waals surface area contributed by atoms with E-state index in [2.05, 4.69) is 0 Å². The molecule has 2 saturated heterocycles. The van der Waals surface area contributed by atoms with Gasteiger partial charge in [0.25, 0.3) is 28.4 Å². The smallest absolute Gasteiger partial charge is 0.338 e. The summed E-state index contributed by atoms with van der Waals surface area (Å²) in [6.45, 7) is -0.897. The lowest BCUT2D eigenvalue weighted by Gasteiger charge is -2.45. The Balaban J connectivity index is 1.33. The predicted molar refractivity (Wildman–Crippen MR) is 261 cm³/mol. The first kappa shape index (κ1) is 56.9. The molecular weight excluding hydrogens is 1110 g/mol. The Morgan fingerprint density at radius 2 is 0.782 bits per heavy atom. The van der Waals surface area contributed by atoms with Crippen LogP contribution in [0.1, 0.15) is 51.8 Å². The van der Waals surface area contributed by atoms with Gasteiger partial charge in [-0.25, -0.2) is 24.0 Å². The van der Waals surface area contributed by atoms with Gasteiger partial charge in [0.05, 0.1) is 64.2 Å². The van der Waals surface area contributed by atoms with Crippen molar-refractivity contribution >= 4 is 93.1 Å². The summed E-state index contributed by atoms with van der Waals surface area (Å²) >= 11 is 20.1. The van der Waals surface area contributed by atoms with Gasteiger partial charge in [0.2, 0.25) is 12.1 Å². The average molecular weight is 1140 g/mol. The van der Waals surface area contributed by atoms with Crippen LogP contribution in [0.3, 0.4) is 0 Å². The molecule has 0 N–H and O–H groups in total. The summed E-state index contributed by atoms with van der Waals surface area (Å²) in [7, 11) is 0. The molecule has 0 radical (unpaired) electrons. The van der Waals surface area contributed by atoms with Crippen LogP contribution >= 0.6 is 34.8 Å². The van der Waals surface area contributed by atoms with E-state index in [1.165, 1.54) is 0 Å². The minimum atomic E-state index is -2.73. The molecule has 2 aliphatic rings. The largest absolute Gasteiger partial charge is 0.459 e. The molecule has 5 aromatic rings. The standard InChI is InChI=1S/C47H34Cl3N5O23/c48-21-34-37(73-42(57)25-3-13-30(14-4-25)52(63)64)40(76-45(60)28-9-19-33(20-10-28)55(69)70)47(23-49,77-34)78-46-39(75-44(59)27-7-17-32(18-8-27)54(67)68)38(74-43(58)26-5-15-31(16-6-26)53(65)66)36(50)35(72-46)22-71-41(56)24-1-11-29(12-2-24)51(61)62/h1-20,34-40,46H,21-23H2/t34-,35-,36+,37-,38+,39-,40+,46-,47+/m1/s1. The first-order chi connectivity index (χ1) is 37.1. The normalized spacial score (nSPS) is 22.4. The summed E-state index contributed by atoms with van der Waals surface area (Å²) in [4.78, 5) is 123. The molecule has 7 rings (SSSR count). The lowest BCUT2D eigenvalue weighted by molar-refractivity contribution is -0.385. The van der Waals surface area contributed by atoms with Gasteiger partial charge in [-0.05, 0) is 60.7 Å². The number of alkyl halides is 3. The number of hydrogen-bond acceptors (Lipinski definition) is 23. The van der Waals surface area contributed by atoms with Crippen molar-refractivity contribution in [2.45, 2.75) is 54.1 Å². The zero-order valence-electron chi connectivity index (χ0n) is 39.0. The highest BCUT2D eigenvalue weighted by atomic mass is 35.5. The fraction of sp³-hybridized carbons (Fsp3) is 0.255. The molecule has 9 atom stereocenters. The van der Waals surface area contributed by atoms with Gasteiger partial charge in [-0.2, -0.15) is 0 Å². The van der Waals surface area contributed by atoms with Gasteiger partial charge in [0, 0.05) is 60.7 Å². The van der Waals surface area contributed by atoms with Crippen LogP contribution in [0.5, 0.6) is 0 Å². The zero-order chi connectivity index (χ0) is 56.6. The molecule has 28 nitrogen and oxygen atoms in total. The number of nitro groups is 5. The molecule has 2 fully saturated rings. The van der Waals surface area contributed by atoms with E-state index in [4.69, 9.17) is 72.7 Å². The second-order valence-corrected chi connectivity index (χ2v) is 17.5. The van der Waals surface area contributed by atoms with E-state index in [-0.39, 0.29) is 33.5 Å². The van der Waals surface area contributed by atoms with Crippen LogP contribution in [0.4, 0.5) is 28.4 Å². The Kier molecular flexibility index (Phi) is 17.9. The van der Waals surface area contributed by atoms with E-state index in [0.29, 0.717) is 0 Å². The van der Waals surface area contributed by atoms with Gasteiger partial charge in [-0.1, -0.05) is 0 Å². The number of esters is 5. The quantitative estimate of drug-likeness (QED) is 0.0244. The Morgan fingerprint density at radius 3 is 1.12 bits per heavy atom. The van der Waals surface area contributed by atoms with Gasteiger partial charge in [0.1, 0.15) is 24.2 Å². The lowest BCUT2D eigenvalue weighted by atomic mass is 10.00. The number of benzene rings is 5. The third-order valence-corrected chi connectivity index (χ3v) is 12.8. The van der Waals surface area contributed by atoms with Crippen molar-refractivity contribution in [1.29, 1.82) is 0 Å².